The molecule has 3 rings (SSSR count). The van der Waals surface area contributed by atoms with Crippen LogP contribution >= 0.6 is 11.3 Å². The topological polar surface area (TPSA) is 52.6 Å². The van der Waals surface area contributed by atoms with E-state index in [0.717, 1.165) is 10.4 Å². The summed E-state index contributed by atoms with van der Waals surface area (Å²) >= 11 is 1.58. The van der Waals surface area contributed by atoms with Gasteiger partial charge in [0.1, 0.15) is 12.4 Å². The summed E-state index contributed by atoms with van der Waals surface area (Å²) in [6, 6.07) is 20.9. The van der Waals surface area contributed by atoms with Gasteiger partial charge in [-0.15, -0.1) is 11.3 Å². The van der Waals surface area contributed by atoms with Crippen LogP contribution in [0.5, 0.6) is 5.75 Å². The maximum atomic E-state index is 12.7. The van der Waals surface area contributed by atoms with Crippen LogP contribution in [0.3, 0.4) is 0 Å². The molecule has 3 aromatic rings. The molecule has 0 aliphatic carbocycles. The van der Waals surface area contributed by atoms with E-state index in [9.17, 15) is 9.59 Å². The van der Waals surface area contributed by atoms with Crippen LogP contribution in [-0.4, -0.2) is 18.4 Å². The van der Waals surface area contributed by atoms with Gasteiger partial charge >= 0.3 is 5.97 Å². The second kappa shape index (κ2) is 10.6. The Labute approximate surface area is 175 Å². The van der Waals surface area contributed by atoms with Gasteiger partial charge in [0.15, 0.2) is 5.78 Å². The first-order chi connectivity index (χ1) is 14.2. The molecular weight excluding hydrogens is 384 g/mol. The van der Waals surface area contributed by atoms with Gasteiger partial charge in [0.25, 0.3) is 0 Å². The van der Waals surface area contributed by atoms with Crippen molar-refractivity contribution in [2.75, 3.05) is 6.61 Å². The molecule has 0 spiro atoms. The molecule has 1 atom stereocenters. The van der Waals surface area contributed by atoms with E-state index in [-0.39, 0.29) is 18.2 Å². The van der Waals surface area contributed by atoms with Crippen LogP contribution < -0.4 is 4.74 Å². The Hall–Kier alpha value is -2.92. The standard InChI is InChI=1S/C24H24O4S/c1-2-27-24(26)20(15-22-9-6-14-29-22)16-23(25)19-10-12-21(13-11-19)28-17-18-7-4-3-5-8-18/h3-14,20H,2,15-17H2,1H3. The normalized spacial score (nSPS) is 11.6. The van der Waals surface area contributed by atoms with Crippen molar-refractivity contribution in [3.63, 3.8) is 0 Å². The molecular formula is C24H24O4S. The lowest BCUT2D eigenvalue weighted by molar-refractivity contribution is -0.147. The number of hydrogen-bond acceptors (Lipinski definition) is 5. The minimum absolute atomic E-state index is 0.0748. The van der Waals surface area contributed by atoms with E-state index in [2.05, 4.69) is 0 Å². The molecule has 0 aliphatic heterocycles. The summed E-state index contributed by atoms with van der Waals surface area (Å²) in [5.41, 5.74) is 1.65. The molecule has 150 valence electrons. The van der Waals surface area contributed by atoms with Crippen LogP contribution in [0.4, 0.5) is 0 Å². The number of ketones is 1. The SMILES string of the molecule is CCOC(=O)C(CC(=O)c1ccc(OCc2ccccc2)cc1)Cc1cccs1. The Morgan fingerprint density at radius 3 is 2.38 bits per heavy atom. The van der Waals surface area contributed by atoms with E-state index in [4.69, 9.17) is 9.47 Å². The number of thiophene rings is 1. The van der Waals surface area contributed by atoms with E-state index >= 15 is 0 Å². The fraction of sp³-hybridized carbons (Fsp3) is 0.250. The second-order valence-electron chi connectivity index (χ2n) is 6.66. The fourth-order valence-corrected chi connectivity index (χ4v) is 3.78. The highest BCUT2D eigenvalue weighted by Crippen LogP contribution is 2.22. The summed E-state index contributed by atoms with van der Waals surface area (Å²) < 4.78 is 10.9. The maximum absolute atomic E-state index is 12.7. The van der Waals surface area contributed by atoms with Gasteiger partial charge < -0.3 is 9.47 Å². The second-order valence-corrected chi connectivity index (χ2v) is 7.69. The van der Waals surface area contributed by atoms with Crippen molar-refractivity contribution < 1.29 is 19.1 Å². The van der Waals surface area contributed by atoms with Gasteiger partial charge in [0.2, 0.25) is 0 Å². The number of ether oxygens (including phenoxy) is 2. The van der Waals surface area contributed by atoms with Gasteiger partial charge in [0.05, 0.1) is 12.5 Å². The number of hydrogen-bond donors (Lipinski definition) is 0. The summed E-state index contributed by atoms with van der Waals surface area (Å²) in [6.07, 6.45) is 0.640. The summed E-state index contributed by atoms with van der Waals surface area (Å²) in [7, 11) is 0. The Bertz CT molecular complexity index is 902. The summed E-state index contributed by atoms with van der Waals surface area (Å²) in [6.45, 7) is 2.55. The number of rotatable bonds is 10. The van der Waals surface area contributed by atoms with Crippen LogP contribution in [0.2, 0.25) is 0 Å². The summed E-state index contributed by atoms with van der Waals surface area (Å²) in [4.78, 5) is 26.1. The summed E-state index contributed by atoms with van der Waals surface area (Å²) in [5, 5.41) is 1.97. The molecule has 0 amide bonds. The van der Waals surface area contributed by atoms with Crippen LogP contribution in [0.25, 0.3) is 0 Å². The molecule has 4 nitrogen and oxygen atoms in total. The summed E-state index contributed by atoms with van der Waals surface area (Å²) in [5.74, 6) is -0.174. The lowest BCUT2D eigenvalue weighted by Gasteiger charge is -2.14. The van der Waals surface area contributed by atoms with Gasteiger partial charge in [-0.05, 0) is 54.6 Å². The van der Waals surface area contributed by atoms with E-state index < -0.39 is 5.92 Å². The number of carbonyl (C=O) groups is 2. The number of benzene rings is 2. The Morgan fingerprint density at radius 1 is 0.966 bits per heavy atom. The highest BCUT2D eigenvalue weighted by atomic mass is 32.1. The van der Waals surface area contributed by atoms with Gasteiger partial charge in [-0.2, -0.15) is 0 Å². The average Bonchev–Trinajstić information content (AvgIpc) is 3.26. The first-order valence-electron chi connectivity index (χ1n) is 9.64. The monoisotopic (exact) mass is 408 g/mol. The highest BCUT2D eigenvalue weighted by Gasteiger charge is 2.24. The molecule has 1 aromatic heterocycles. The molecule has 1 heterocycles. The van der Waals surface area contributed by atoms with Crippen LogP contribution in [0.15, 0.2) is 72.1 Å². The molecule has 29 heavy (non-hydrogen) atoms. The molecule has 0 N–H and O–H groups in total. The fourth-order valence-electron chi connectivity index (χ4n) is 2.99. The minimum Gasteiger partial charge on any atom is -0.489 e. The third-order valence-corrected chi connectivity index (χ3v) is 5.40. The molecule has 0 saturated heterocycles. The zero-order valence-corrected chi connectivity index (χ0v) is 17.2. The maximum Gasteiger partial charge on any atom is 0.309 e. The molecule has 0 aliphatic rings. The van der Waals surface area contributed by atoms with Crippen molar-refractivity contribution in [3.8, 4) is 5.75 Å². The van der Waals surface area contributed by atoms with Crippen LogP contribution in [-0.2, 0) is 22.6 Å². The van der Waals surface area contributed by atoms with E-state index in [1.165, 1.54) is 0 Å². The third kappa shape index (κ3) is 6.29. The molecule has 2 aromatic carbocycles. The largest absolute Gasteiger partial charge is 0.489 e. The van der Waals surface area contributed by atoms with Gasteiger partial charge in [-0.1, -0.05) is 36.4 Å². The molecule has 0 radical (unpaired) electrons. The van der Waals surface area contributed by atoms with Crippen LogP contribution in [0, 0.1) is 5.92 Å². The van der Waals surface area contributed by atoms with E-state index in [1.807, 2.05) is 47.8 Å². The average molecular weight is 409 g/mol. The van der Waals surface area contributed by atoms with Crippen molar-refractivity contribution in [2.24, 2.45) is 5.92 Å². The van der Waals surface area contributed by atoms with Gasteiger partial charge in [-0.3, -0.25) is 9.59 Å². The third-order valence-electron chi connectivity index (χ3n) is 4.50. The number of esters is 1. The zero-order valence-electron chi connectivity index (χ0n) is 16.4. The zero-order chi connectivity index (χ0) is 20.5. The first kappa shape index (κ1) is 20.8. The number of carbonyl (C=O) groups excluding carboxylic acids is 2. The minimum atomic E-state index is -0.477. The quantitative estimate of drug-likeness (QED) is 0.336. The van der Waals surface area contributed by atoms with Crippen molar-refractivity contribution in [1.29, 1.82) is 0 Å². The van der Waals surface area contributed by atoms with Crippen molar-refractivity contribution in [2.45, 2.75) is 26.4 Å². The number of Topliss-reactive ketones (excluding diaryl/α,β-unsaturated/α-hetero) is 1. The Kier molecular flexibility index (Phi) is 7.59. The Balaban J connectivity index is 1.60. The smallest absolute Gasteiger partial charge is 0.309 e. The van der Waals surface area contributed by atoms with Crippen LogP contribution in [0.1, 0.15) is 34.1 Å². The molecule has 1 unspecified atom stereocenters. The lowest BCUT2D eigenvalue weighted by atomic mass is 9.94. The lowest BCUT2D eigenvalue weighted by Crippen LogP contribution is -2.23. The van der Waals surface area contributed by atoms with E-state index in [1.54, 1.807) is 42.5 Å². The van der Waals surface area contributed by atoms with Gasteiger partial charge in [0, 0.05) is 16.9 Å². The molecule has 0 bridgehead atoms. The first-order valence-corrected chi connectivity index (χ1v) is 10.5. The molecule has 0 saturated carbocycles. The van der Waals surface area contributed by atoms with Crippen molar-refractivity contribution >= 4 is 23.1 Å². The molecule has 5 heteroatoms. The highest BCUT2D eigenvalue weighted by molar-refractivity contribution is 7.09. The molecule has 0 fully saturated rings. The predicted octanol–water partition coefficient (Wildman–Crippen LogP) is 5.32. The van der Waals surface area contributed by atoms with E-state index in [0.29, 0.717) is 30.9 Å². The van der Waals surface area contributed by atoms with Crippen molar-refractivity contribution in [3.05, 3.63) is 88.1 Å². The van der Waals surface area contributed by atoms with Crippen molar-refractivity contribution in [1.82, 2.24) is 0 Å². The van der Waals surface area contributed by atoms with Gasteiger partial charge in [-0.25, -0.2) is 0 Å². The predicted molar refractivity (Wildman–Crippen MR) is 114 cm³/mol. The Morgan fingerprint density at radius 2 is 1.72 bits per heavy atom.